The summed E-state index contributed by atoms with van der Waals surface area (Å²) in [6, 6.07) is 11.5. The number of rotatable bonds is 8. The van der Waals surface area contributed by atoms with Crippen LogP contribution in [0.15, 0.2) is 36.4 Å². The molecule has 0 atom stereocenters. The zero-order chi connectivity index (χ0) is 25.3. The number of ketones is 1. The van der Waals surface area contributed by atoms with Crippen molar-refractivity contribution in [1.29, 1.82) is 0 Å². The first-order valence-corrected chi connectivity index (χ1v) is 11.5. The Morgan fingerprint density at radius 1 is 1.00 bits per heavy atom. The van der Waals surface area contributed by atoms with Crippen molar-refractivity contribution < 1.29 is 19.1 Å². The van der Waals surface area contributed by atoms with E-state index in [-0.39, 0.29) is 12.4 Å². The number of benzene rings is 1. The zero-order valence-electron chi connectivity index (χ0n) is 21.0. The van der Waals surface area contributed by atoms with E-state index in [4.69, 9.17) is 9.47 Å². The van der Waals surface area contributed by atoms with Gasteiger partial charge in [-0.05, 0) is 63.9 Å². The normalized spacial score (nSPS) is 11.1. The van der Waals surface area contributed by atoms with Crippen LogP contribution < -0.4 is 4.74 Å². The Labute approximate surface area is 204 Å². The minimum atomic E-state index is -0.557. The van der Waals surface area contributed by atoms with E-state index in [9.17, 15) is 9.59 Å². The maximum atomic E-state index is 13.0. The molecule has 3 aromatic heterocycles. The average molecular weight is 475 g/mol. The molecule has 1 aromatic carbocycles. The van der Waals surface area contributed by atoms with Crippen LogP contribution in [0.5, 0.6) is 5.75 Å². The van der Waals surface area contributed by atoms with Crippen LogP contribution in [0, 0.1) is 27.7 Å². The monoisotopic (exact) mass is 474 g/mol. The molecule has 0 N–H and O–H groups in total. The number of aryl methyl sites for hydroxylation is 5. The van der Waals surface area contributed by atoms with Gasteiger partial charge in [-0.3, -0.25) is 9.48 Å². The Morgan fingerprint density at radius 2 is 1.71 bits per heavy atom. The van der Waals surface area contributed by atoms with Crippen molar-refractivity contribution in [2.45, 2.75) is 40.7 Å². The predicted octanol–water partition coefficient (Wildman–Crippen LogP) is 4.29. The number of carbonyl (C=O) groups excluding carboxylic acids is 2. The second kappa shape index (κ2) is 9.74. The van der Waals surface area contributed by atoms with E-state index < -0.39 is 5.97 Å². The summed E-state index contributed by atoms with van der Waals surface area (Å²) in [6.07, 6.45) is 0.824. The molecule has 0 unspecified atom stereocenters. The predicted molar refractivity (Wildman–Crippen MR) is 133 cm³/mol. The average Bonchev–Trinajstić information content (AvgIpc) is 3.29. The van der Waals surface area contributed by atoms with Crippen molar-refractivity contribution in [2.24, 2.45) is 7.05 Å². The Morgan fingerprint density at radius 3 is 2.40 bits per heavy atom. The highest BCUT2D eigenvalue weighted by molar-refractivity contribution is 6.05. The number of ether oxygens (including phenoxy) is 2. The van der Waals surface area contributed by atoms with Crippen LogP contribution in [0.25, 0.3) is 11.0 Å². The summed E-state index contributed by atoms with van der Waals surface area (Å²) < 4.78 is 14.4. The maximum Gasteiger partial charge on any atom is 0.339 e. The summed E-state index contributed by atoms with van der Waals surface area (Å²) in [5.74, 6) is 0.0381. The molecule has 0 fully saturated rings. The second-order valence-electron chi connectivity index (χ2n) is 8.75. The number of esters is 1. The summed E-state index contributed by atoms with van der Waals surface area (Å²) in [7, 11) is 3.43. The lowest BCUT2D eigenvalue weighted by molar-refractivity contribution is 0.0476. The van der Waals surface area contributed by atoms with E-state index in [1.807, 2.05) is 58.0 Å². The molecule has 4 aromatic rings. The number of hydrogen-bond donors (Lipinski definition) is 0. The van der Waals surface area contributed by atoms with Gasteiger partial charge in [0.1, 0.15) is 5.75 Å². The fraction of sp³-hybridized carbons (Fsp3) is 0.333. The van der Waals surface area contributed by atoms with Crippen molar-refractivity contribution in [2.75, 3.05) is 13.7 Å². The molecular formula is C27H30N4O4. The summed E-state index contributed by atoms with van der Waals surface area (Å²) in [4.78, 5) is 30.4. The van der Waals surface area contributed by atoms with Crippen molar-refractivity contribution in [3.05, 3.63) is 75.9 Å². The molecule has 0 aliphatic rings. The highest BCUT2D eigenvalue weighted by Crippen LogP contribution is 2.23. The minimum absolute atomic E-state index is 0.230. The van der Waals surface area contributed by atoms with Crippen molar-refractivity contribution in [1.82, 2.24) is 19.3 Å². The van der Waals surface area contributed by atoms with Gasteiger partial charge in [0, 0.05) is 36.2 Å². The van der Waals surface area contributed by atoms with Gasteiger partial charge in [-0.1, -0.05) is 12.1 Å². The summed E-state index contributed by atoms with van der Waals surface area (Å²) in [5.41, 5.74) is 5.96. The van der Waals surface area contributed by atoms with Crippen LogP contribution in [0.3, 0.4) is 0 Å². The highest BCUT2D eigenvalue weighted by Gasteiger charge is 2.21. The third kappa shape index (κ3) is 4.82. The van der Waals surface area contributed by atoms with E-state index in [2.05, 4.69) is 14.6 Å². The molecule has 0 amide bonds. The molecule has 8 heteroatoms. The van der Waals surface area contributed by atoms with E-state index in [0.717, 1.165) is 30.1 Å². The van der Waals surface area contributed by atoms with Gasteiger partial charge in [0.05, 0.1) is 23.8 Å². The largest absolute Gasteiger partial charge is 0.497 e. The fourth-order valence-electron chi connectivity index (χ4n) is 4.48. The smallest absolute Gasteiger partial charge is 0.339 e. The quantitative estimate of drug-likeness (QED) is 0.280. The first kappa shape index (κ1) is 24.2. The molecule has 182 valence electrons. The lowest BCUT2D eigenvalue weighted by Crippen LogP contribution is -2.16. The Balaban J connectivity index is 1.46. The van der Waals surface area contributed by atoms with Crippen LogP contribution in [-0.4, -0.2) is 44.8 Å². The van der Waals surface area contributed by atoms with Crippen LogP contribution in [0.4, 0.5) is 0 Å². The van der Waals surface area contributed by atoms with Crippen LogP contribution in [-0.2, 0) is 24.8 Å². The van der Waals surface area contributed by atoms with Gasteiger partial charge in [0.2, 0.25) is 5.78 Å². The number of fused-ring (bicyclic) bond motifs is 1. The van der Waals surface area contributed by atoms with E-state index in [1.165, 1.54) is 5.56 Å². The van der Waals surface area contributed by atoms with Crippen LogP contribution >= 0.6 is 0 Å². The molecule has 3 heterocycles. The van der Waals surface area contributed by atoms with Gasteiger partial charge in [-0.25, -0.2) is 9.78 Å². The lowest BCUT2D eigenvalue weighted by Gasteiger charge is -2.11. The van der Waals surface area contributed by atoms with Gasteiger partial charge in [-0.2, -0.15) is 5.10 Å². The fourth-order valence-corrected chi connectivity index (χ4v) is 4.48. The molecule has 0 saturated carbocycles. The molecule has 4 rings (SSSR count). The Hall–Kier alpha value is -3.94. The van der Waals surface area contributed by atoms with E-state index >= 15 is 0 Å². The van der Waals surface area contributed by atoms with E-state index in [0.29, 0.717) is 33.5 Å². The molecule has 0 spiro atoms. The van der Waals surface area contributed by atoms with Gasteiger partial charge >= 0.3 is 5.97 Å². The van der Waals surface area contributed by atoms with Crippen LogP contribution in [0.1, 0.15) is 49.1 Å². The van der Waals surface area contributed by atoms with Gasteiger partial charge in [0.25, 0.3) is 0 Å². The van der Waals surface area contributed by atoms with Gasteiger partial charge < -0.3 is 14.0 Å². The number of aromatic nitrogens is 4. The lowest BCUT2D eigenvalue weighted by atomic mass is 10.1. The standard InChI is InChI=1S/C27H30N4O4/c1-16-13-23(25-18(3)29-30(5)26(25)28-16)27(33)35-15-24(32)22-14-17(2)31(19(22)4)12-11-20-7-9-21(34-6)10-8-20/h7-10,13-14H,11-12,15H2,1-6H3. The molecular weight excluding hydrogens is 444 g/mol. The number of methoxy groups -OCH3 is 1. The third-order valence-corrected chi connectivity index (χ3v) is 6.31. The van der Waals surface area contributed by atoms with E-state index in [1.54, 1.807) is 24.9 Å². The molecule has 0 aliphatic carbocycles. The number of hydrogen-bond acceptors (Lipinski definition) is 6. The number of Topliss-reactive ketones (excluding diaryl/α,β-unsaturated/α-hetero) is 1. The van der Waals surface area contributed by atoms with Crippen molar-refractivity contribution in [3.8, 4) is 5.75 Å². The molecule has 35 heavy (non-hydrogen) atoms. The Bertz CT molecular complexity index is 1410. The van der Waals surface area contributed by atoms with Gasteiger partial charge in [-0.15, -0.1) is 0 Å². The third-order valence-electron chi connectivity index (χ3n) is 6.31. The number of carbonyl (C=O) groups is 2. The highest BCUT2D eigenvalue weighted by atomic mass is 16.5. The van der Waals surface area contributed by atoms with Crippen molar-refractivity contribution >= 4 is 22.8 Å². The second-order valence-corrected chi connectivity index (χ2v) is 8.75. The minimum Gasteiger partial charge on any atom is -0.497 e. The summed E-state index contributed by atoms with van der Waals surface area (Å²) in [5, 5.41) is 5.01. The number of pyridine rings is 1. The Kier molecular flexibility index (Phi) is 6.73. The maximum absolute atomic E-state index is 13.0. The SMILES string of the molecule is COc1ccc(CCn2c(C)cc(C(=O)COC(=O)c3cc(C)nc4c3c(C)nn4C)c2C)cc1. The molecule has 8 nitrogen and oxygen atoms in total. The van der Waals surface area contributed by atoms with Gasteiger partial charge in [0.15, 0.2) is 12.3 Å². The number of nitrogens with zero attached hydrogens (tertiary/aromatic N) is 4. The first-order chi connectivity index (χ1) is 16.7. The molecule has 0 radical (unpaired) electrons. The first-order valence-electron chi connectivity index (χ1n) is 11.5. The molecule has 0 aliphatic heterocycles. The zero-order valence-corrected chi connectivity index (χ0v) is 21.0. The molecule has 0 bridgehead atoms. The summed E-state index contributed by atoms with van der Waals surface area (Å²) in [6.45, 7) is 7.94. The summed E-state index contributed by atoms with van der Waals surface area (Å²) >= 11 is 0. The van der Waals surface area contributed by atoms with Crippen LogP contribution in [0.2, 0.25) is 0 Å². The van der Waals surface area contributed by atoms with Crippen molar-refractivity contribution in [3.63, 3.8) is 0 Å². The molecule has 0 saturated heterocycles. The topological polar surface area (TPSA) is 88.2 Å².